The van der Waals surface area contributed by atoms with Crippen LogP contribution in [-0.4, -0.2) is 17.6 Å². The fraction of sp³-hybridized carbons (Fsp3) is 0.615. The molecule has 0 saturated heterocycles. The number of anilines is 1. The summed E-state index contributed by atoms with van der Waals surface area (Å²) < 4.78 is 0. The van der Waals surface area contributed by atoms with Crippen molar-refractivity contribution >= 4 is 5.69 Å². The Morgan fingerprint density at radius 2 is 2.25 bits per heavy atom. The van der Waals surface area contributed by atoms with Gasteiger partial charge < -0.3 is 10.6 Å². The van der Waals surface area contributed by atoms with Crippen molar-refractivity contribution in [2.45, 2.75) is 39.3 Å². The second-order valence-electron chi connectivity index (χ2n) is 4.98. The third kappa shape index (κ3) is 3.81. The Balaban J connectivity index is 1.83. The van der Waals surface area contributed by atoms with Gasteiger partial charge in [0.2, 0.25) is 0 Å². The molecule has 3 nitrogen and oxygen atoms in total. The standard InChI is InChI=1S/C13H21N3/c1-10(2)8-14-9-13-7-12(5-6-15-13)16-11-3-4-11/h5-7,10-11,14H,3-4,8-9H2,1-2H3,(H,15,16). The average Bonchev–Trinajstić information content (AvgIpc) is 3.02. The molecule has 0 amide bonds. The molecular weight excluding hydrogens is 198 g/mol. The topological polar surface area (TPSA) is 37.0 Å². The van der Waals surface area contributed by atoms with Crippen molar-refractivity contribution in [3.05, 3.63) is 24.0 Å². The molecule has 1 aromatic rings. The number of hydrogen-bond acceptors (Lipinski definition) is 3. The summed E-state index contributed by atoms with van der Waals surface area (Å²) in [6.45, 7) is 6.33. The highest BCUT2D eigenvalue weighted by Crippen LogP contribution is 2.24. The minimum Gasteiger partial charge on any atom is -0.382 e. The fourth-order valence-corrected chi connectivity index (χ4v) is 1.62. The minimum absolute atomic E-state index is 0.688. The van der Waals surface area contributed by atoms with Crippen LogP contribution in [0.3, 0.4) is 0 Å². The smallest absolute Gasteiger partial charge is 0.0562 e. The Morgan fingerprint density at radius 1 is 1.44 bits per heavy atom. The van der Waals surface area contributed by atoms with E-state index >= 15 is 0 Å². The Bertz CT molecular complexity index is 332. The van der Waals surface area contributed by atoms with E-state index in [1.807, 2.05) is 12.3 Å². The van der Waals surface area contributed by atoms with Crippen LogP contribution in [-0.2, 0) is 6.54 Å². The highest BCUT2D eigenvalue weighted by atomic mass is 15.0. The lowest BCUT2D eigenvalue weighted by Gasteiger charge is -2.09. The van der Waals surface area contributed by atoms with Crippen molar-refractivity contribution in [2.24, 2.45) is 5.92 Å². The number of nitrogens with one attached hydrogen (secondary N) is 2. The van der Waals surface area contributed by atoms with Gasteiger partial charge in [-0.05, 0) is 37.4 Å². The predicted octanol–water partition coefficient (Wildman–Crippen LogP) is 2.40. The van der Waals surface area contributed by atoms with Gasteiger partial charge in [0.25, 0.3) is 0 Å². The molecule has 0 aliphatic heterocycles. The lowest BCUT2D eigenvalue weighted by atomic mass is 10.2. The summed E-state index contributed by atoms with van der Waals surface area (Å²) in [6, 6.07) is 4.90. The van der Waals surface area contributed by atoms with Gasteiger partial charge in [-0.3, -0.25) is 4.98 Å². The van der Waals surface area contributed by atoms with Gasteiger partial charge in [-0.15, -0.1) is 0 Å². The summed E-state index contributed by atoms with van der Waals surface area (Å²) in [5.74, 6) is 0.688. The highest BCUT2D eigenvalue weighted by Gasteiger charge is 2.20. The van der Waals surface area contributed by atoms with Crippen LogP contribution in [0.2, 0.25) is 0 Å². The normalized spacial score (nSPS) is 15.4. The molecule has 1 aliphatic rings. The molecule has 1 aliphatic carbocycles. The maximum absolute atomic E-state index is 4.36. The molecule has 0 aromatic carbocycles. The molecule has 0 radical (unpaired) electrons. The summed E-state index contributed by atoms with van der Waals surface area (Å²) in [7, 11) is 0. The van der Waals surface area contributed by atoms with E-state index in [0.717, 1.165) is 18.8 Å². The van der Waals surface area contributed by atoms with Crippen molar-refractivity contribution in [3.63, 3.8) is 0 Å². The van der Waals surface area contributed by atoms with Crippen LogP contribution in [0, 0.1) is 5.92 Å². The van der Waals surface area contributed by atoms with Gasteiger partial charge in [-0.1, -0.05) is 13.8 Å². The second-order valence-corrected chi connectivity index (χ2v) is 4.98. The third-order valence-electron chi connectivity index (χ3n) is 2.62. The first-order chi connectivity index (χ1) is 7.74. The maximum atomic E-state index is 4.36. The van der Waals surface area contributed by atoms with Crippen molar-refractivity contribution in [1.82, 2.24) is 10.3 Å². The van der Waals surface area contributed by atoms with E-state index in [0.29, 0.717) is 12.0 Å². The summed E-state index contributed by atoms with van der Waals surface area (Å²) in [5.41, 5.74) is 2.32. The van der Waals surface area contributed by atoms with Gasteiger partial charge in [0.05, 0.1) is 5.69 Å². The van der Waals surface area contributed by atoms with E-state index in [-0.39, 0.29) is 0 Å². The van der Waals surface area contributed by atoms with E-state index in [1.165, 1.54) is 18.5 Å². The monoisotopic (exact) mass is 219 g/mol. The van der Waals surface area contributed by atoms with Crippen molar-refractivity contribution in [2.75, 3.05) is 11.9 Å². The van der Waals surface area contributed by atoms with Crippen LogP contribution in [0.25, 0.3) is 0 Å². The van der Waals surface area contributed by atoms with Crippen LogP contribution < -0.4 is 10.6 Å². The molecule has 1 aromatic heterocycles. The summed E-state index contributed by atoms with van der Waals surface area (Å²) in [4.78, 5) is 4.36. The van der Waals surface area contributed by atoms with E-state index in [2.05, 4.69) is 35.5 Å². The largest absolute Gasteiger partial charge is 0.382 e. The average molecular weight is 219 g/mol. The minimum atomic E-state index is 0.688. The first-order valence-corrected chi connectivity index (χ1v) is 6.16. The summed E-state index contributed by atoms with van der Waals surface area (Å²) >= 11 is 0. The molecule has 3 heteroatoms. The molecular formula is C13H21N3. The number of nitrogens with zero attached hydrogens (tertiary/aromatic N) is 1. The second kappa shape index (κ2) is 5.30. The quantitative estimate of drug-likeness (QED) is 0.771. The molecule has 1 heterocycles. The van der Waals surface area contributed by atoms with E-state index < -0.39 is 0 Å². The van der Waals surface area contributed by atoms with Gasteiger partial charge in [0.1, 0.15) is 0 Å². The van der Waals surface area contributed by atoms with Gasteiger partial charge in [0, 0.05) is 24.5 Å². The van der Waals surface area contributed by atoms with Crippen LogP contribution in [0.5, 0.6) is 0 Å². The first-order valence-electron chi connectivity index (χ1n) is 6.16. The molecule has 0 bridgehead atoms. The Morgan fingerprint density at radius 3 is 2.94 bits per heavy atom. The Labute approximate surface area is 97.7 Å². The van der Waals surface area contributed by atoms with E-state index in [4.69, 9.17) is 0 Å². The molecule has 2 rings (SSSR count). The fourth-order valence-electron chi connectivity index (χ4n) is 1.62. The van der Waals surface area contributed by atoms with Gasteiger partial charge in [-0.25, -0.2) is 0 Å². The van der Waals surface area contributed by atoms with E-state index in [1.54, 1.807) is 0 Å². The molecule has 88 valence electrons. The summed E-state index contributed by atoms with van der Waals surface area (Å²) in [6.07, 6.45) is 4.50. The molecule has 16 heavy (non-hydrogen) atoms. The van der Waals surface area contributed by atoms with Gasteiger partial charge in [0.15, 0.2) is 0 Å². The Kier molecular flexibility index (Phi) is 3.78. The van der Waals surface area contributed by atoms with Crippen molar-refractivity contribution in [1.29, 1.82) is 0 Å². The van der Waals surface area contributed by atoms with Gasteiger partial charge in [-0.2, -0.15) is 0 Å². The number of rotatable bonds is 6. The van der Waals surface area contributed by atoms with Crippen LogP contribution in [0.15, 0.2) is 18.3 Å². The number of aromatic nitrogens is 1. The maximum Gasteiger partial charge on any atom is 0.0562 e. The number of hydrogen-bond donors (Lipinski definition) is 2. The number of pyridine rings is 1. The molecule has 0 spiro atoms. The lowest BCUT2D eigenvalue weighted by Crippen LogP contribution is -2.19. The zero-order chi connectivity index (χ0) is 11.4. The SMILES string of the molecule is CC(C)CNCc1cc(NC2CC2)ccn1. The van der Waals surface area contributed by atoms with Crippen LogP contribution in [0.1, 0.15) is 32.4 Å². The third-order valence-corrected chi connectivity index (χ3v) is 2.62. The molecule has 0 atom stereocenters. The van der Waals surface area contributed by atoms with Gasteiger partial charge >= 0.3 is 0 Å². The van der Waals surface area contributed by atoms with Crippen molar-refractivity contribution < 1.29 is 0 Å². The lowest BCUT2D eigenvalue weighted by molar-refractivity contribution is 0.548. The molecule has 1 fully saturated rings. The Hall–Kier alpha value is -1.09. The van der Waals surface area contributed by atoms with Crippen molar-refractivity contribution in [3.8, 4) is 0 Å². The van der Waals surface area contributed by atoms with E-state index in [9.17, 15) is 0 Å². The zero-order valence-corrected chi connectivity index (χ0v) is 10.2. The molecule has 2 N–H and O–H groups in total. The zero-order valence-electron chi connectivity index (χ0n) is 10.2. The van der Waals surface area contributed by atoms with Crippen LogP contribution in [0.4, 0.5) is 5.69 Å². The highest BCUT2D eigenvalue weighted by molar-refractivity contribution is 5.45. The summed E-state index contributed by atoms with van der Waals surface area (Å²) in [5, 5.41) is 6.89. The predicted molar refractivity (Wildman–Crippen MR) is 67.4 cm³/mol. The molecule has 1 saturated carbocycles. The van der Waals surface area contributed by atoms with Crippen LogP contribution >= 0.6 is 0 Å². The first kappa shape index (κ1) is 11.4. The molecule has 0 unspecified atom stereocenters.